The first kappa shape index (κ1) is 24.0. The van der Waals surface area contributed by atoms with E-state index in [0.29, 0.717) is 35.6 Å². The van der Waals surface area contributed by atoms with Gasteiger partial charge in [0, 0.05) is 29.8 Å². The zero-order valence-corrected chi connectivity index (χ0v) is 19.5. The molecule has 3 N–H and O–H groups in total. The fourth-order valence-corrected chi connectivity index (χ4v) is 4.19. The summed E-state index contributed by atoms with van der Waals surface area (Å²) in [7, 11) is 3.13. The number of hydrogen-bond acceptors (Lipinski definition) is 7. The molecule has 4 rings (SSSR count). The van der Waals surface area contributed by atoms with E-state index in [4.69, 9.17) is 9.47 Å². The van der Waals surface area contributed by atoms with Gasteiger partial charge in [-0.15, -0.1) is 0 Å². The van der Waals surface area contributed by atoms with Crippen molar-refractivity contribution in [3.63, 3.8) is 0 Å². The van der Waals surface area contributed by atoms with E-state index in [-0.39, 0.29) is 47.1 Å². The van der Waals surface area contributed by atoms with Crippen LogP contribution in [0.3, 0.4) is 0 Å². The molecule has 0 saturated carbocycles. The van der Waals surface area contributed by atoms with Gasteiger partial charge in [-0.05, 0) is 36.2 Å². The van der Waals surface area contributed by atoms with Crippen molar-refractivity contribution in [2.75, 3.05) is 39.2 Å². The second kappa shape index (κ2) is 10.4. The molecule has 3 aromatic rings. The summed E-state index contributed by atoms with van der Waals surface area (Å²) in [6, 6.07) is 15.2. The summed E-state index contributed by atoms with van der Waals surface area (Å²) in [5.74, 6) is 0.214. The first-order chi connectivity index (χ1) is 17.0. The first-order valence-corrected chi connectivity index (χ1v) is 11.2. The van der Waals surface area contributed by atoms with Gasteiger partial charge in [0.05, 0.1) is 37.6 Å². The van der Waals surface area contributed by atoms with Gasteiger partial charge < -0.3 is 25.2 Å². The molecule has 0 radical (unpaired) electrons. The molecule has 3 aromatic carbocycles. The molecule has 1 aliphatic carbocycles. The molecule has 1 amide bonds. The Hall–Kier alpha value is -4.17. The normalized spacial score (nSPS) is 12.0. The molecule has 0 unspecified atom stereocenters. The summed E-state index contributed by atoms with van der Waals surface area (Å²) in [5, 5.41) is 15.2. The fourth-order valence-electron chi connectivity index (χ4n) is 4.19. The van der Waals surface area contributed by atoms with Gasteiger partial charge in [-0.1, -0.05) is 30.3 Å². The van der Waals surface area contributed by atoms with Crippen LogP contribution in [0.25, 0.3) is 0 Å². The third-order valence-electron chi connectivity index (χ3n) is 5.90. The predicted octanol–water partition coefficient (Wildman–Crippen LogP) is 2.86. The number of methoxy groups -OCH3 is 2. The van der Waals surface area contributed by atoms with E-state index < -0.39 is 5.91 Å². The number of amides is 1. The van der Waals surface area contributed by atoms with Crippen molar-refractivity contribution < 1.29 is 29.0 Å². The van der Waals surface area contributed by atoms with Crippen LogP contribution in [0.5, 0.6) is 11.5 Å². The van der Waals surface area contributed by atoms with Crippen molar-refractivity contribution >= 4 is 23.2 Å². The highest BCUT2D eigenvalue weighted by atomic mass is 16.5. The van der Waals surface area contributed by atoms with Crippen molar-refractivity contribution in [3.8, 4) is 11.5 Å². The number of fused-ring (bicyclic) bond motifs is 2. The minimum atomic E-state index is -0.396. The van der Waals surface area contributed by atoms with E-state index in [9.17, 15) is 19.5 Å². The minimum Gasteiger partial charge on any atom is -0.493 e. The van der Waals surface area contributed by atoms with Gasteiger partial charge in [0.1, 0.15) is 0 Å². The SMILES string of the molecule is COc1ccc(CCNC(=O)c2ccc3c(c2NCCO)C(=O)c2ccccc2C3=O)cc1OC. The summed E-state index contributed by atoms with van der Waals surface area (Å²) in [5.41, 5.74) is 2.43. The van der Waals surface area contributed by atoms with Gasteiger partial charge in [0.15, 0.2) is 23.1 Å². The van der Waals surface area contributed by atoms with Crippen LogP contribution in [-0.4, -0.2) is 56.5 Å². The standard InChI is InChI=1S/C27H26N2O6/c1-34-21-10-7-16(15-22(21)35-2)11-12-29-27(33)20-9-8-19-23(24(20)28-13-14-30)26(32)18-6-4-3-5-17(18)25(19)31/h3-10,15,28,30H,11-14H2,1-2H3,(H,29,33). The van der Waals surface area contributed by atoms with Crippen molar-refractivity contribution in [1.82, 2.24) is 5.32 Å². The van der Waals surface area contributed by atoms with Crippen LogP contribution >= 0.6 is 0 Å². The summed E-state index contributed by atoms with van der Waals surface area (Å²) < 4.78 is 10.6. The van der Waals surface area contributed by atoms with Gasteiger partial charge in [0.2, 0.25) is 0 Å². The van der Waals surface area contributed by atoms with Crippen LogP contribution in [0.1, 0.15) is 47.8 Å². The number of rotatable bonds is 9. The van der Waals surface area contributed by atoms with E-state index in [2.05, 4.69) is 10.6 Å². The lowest BCUT2D eigenvalue weighted by Crippen LogP contribution is -2.29. The maximum absolute atomic E-state index is 13.3. The molecule has 35 heavy (non-hydrogen) atoms. The van der Waals surface area contributed by atoms with Gasteiger partial charge >= 0.3 is 0 Å². The Morgan fingerprint density at radius 3 is 2.26 bits per heavy atom. The predicted molar refractivity (Wildman–Crippen MR) is 131 cm³/mol. The molecule has 0 fully saturated rings. The average Bonchev–Trinajstić information content (AvgIpc) is 2.89. The average molecular weight is 475 g/mol. The molecule has 0 spiro atoms. The van der Waals surface area contributed by atoms with E-state index in [1.807, 2.05) is 12.1 Å². The number of hydrogen-bond donors (Lipinski definition) is 3. The van der Waals surface area contributed by atoms with Crippen LogP contribution in [0.4, 0.5) is 5.69 Å². The molecule has 8 heteroatoms. The zero-order chi connectivity index (χ0) is 24.9. The Kier molecular flexibility index (Phi) is 7.12. The second-order valence-corrected chi connectivity index (χ2v) is 7.96. The van der Waals surface area contributed by atoms with E-state index in [0.717, 1.165) is 5.56 Å². The van der Waals surface area contributed by atoms with E-state index >= 15 is 0 Å². The Morgan fingerprint density at radius 2 is 1.57 bits per heavy atom. The Labute approximate surface area is 202 Å². The van der Waals surface area contributed by atoms with Crippen molar-refractivity contribution in [1.29, 1.82) is 0 Å². The lowest BCUT2D eigenvalue weighted by molar-refractivity contribution is 0.0952. The highest BCUT2D eigenvalue weighted by Crippen LogP contribution is 2.34. The molecule has 0 atom stereocenters. The number of benzene rings is 3. The number of aliphatic hydroxyl groups excluding tert-OH is 1. The largest absolute Gasteiger partial charge is 0.493 e. The molecule has 1 aliphatic rings. The van der Waals surface area contributed by atoms with Crippen molar-refractivity contribution in [2.24, 2.45) is 0 Å². The topological polar surface area (TPSA) is 114 Å². The molecule has 180 valence electrons. The maximum Gasteiger partial charge on any atom is 0.253 e. The molecule has 0 heterocycles. The van der Waals surface area contributed by atoms with Gasteiger partial charge in [-0.25, -0.2) is 0 Å². The highest BCUT2D eigenvalue weighted by Gasteiger charge is 2.33. The molecule has 0 aliphatic heterocycles. The summed E-state index contributed by atoms with van der Waals surface area (Å²) in [6.45, 7) is 0.245. The van der Waals surface area contributed by atoms with Crippen LogP contribution in [0.2, 0.25) is 0 Å². The first-order valence-electron chi connectivity index (χ1n) is 11.2. The second-order valence-electron chi connectivity index (χ2n) is 7.96. The van der Waals surface area contributed by atoms with Gasteiger partial charge in [0.25, 0.3) is 5.91 Å². The number of aliphatic hydroxyl groups is 1. The Bertz CT molecular complexity index is 1300. The number of ether oxygens (including phenoxy) is 2. The third-order valence-corrected chi connectivity index (χ3v) is 5.90. The number of carbonyl (C=O) groups excluding carboxylic acids is 3. The lowest BCUT2D eigenvalue weighted by Gasteiger charge is -2.23. The van der Waals surface area contributed by atoms with Crippen LogP contribution in [0, 0.1) is 0 Å². The summed E-state index contributed by atoms with van der Waals surface area (Å²) in [6.07, 6.45) is 0.543. The molecule has 0 bridgehead atoms. The number of anilines is 1. The molecule has 0 aromatic heterocycles. The van der Waals surface area contributed by atoms with Crippen molar-refractivity contribution in [2.45, 2.75) is 6.42 Å². The Balaban J connectivity index is 1.59. The van der Waals surface area contributed by atoms with Crippen LogP contribution < -0.4 is 20.1 Å². The van der Waals surface area contributed by atoms with Gasteiger partial charge in [-0.3, -0.25) is 14.4 Å². The van der Waals surface area contributed by atoms with Gasteiger partial charge in [-0.2, -0.15) is 0 Å². The van der Waals surface area contributed by atoms with Crippen LogP contribution in [-0.2, 0) is 6.42 Å². The molecule has 8 nitrogen and oxygen atoms in total. The highest BCUT2D eigenvalue weighted by molar-refractivity contribution is 6.31. The number of carbonyl (C=O) groups is 3. The van der Waals surface area contributed by atoms with E-state index in [1.165, 1.54) is 12.1 Å². The Morgan fingerprint density at radius 1 is 0.857 bits per heavy atom. The quantitative estimate of drug-likeness (QED) is 0.342. The van der Waals surface area contributed by atoms with Crippen molar-refractivity contribution in [3.05, 3.63) is 88.0 Å². The molecular formula is C27H26N2O6. The summed E-state index contributed by atoms with van der Waals surface area (Å²) in [4.78, 5) is 39.5. The zero-order valence-electron chi connectivity index (χ0n) is 19.5. The monoisotopic (exact) mass is 474 g/mol. The number of nitrogens with one attached hydrogen (secondary N) is 2. The third kappa shape index (κ3) is 4.61. The lowest BCUT2D eigenvalue weighted by atomic mass is 9.82. The fraction of sp³-hybridized carbons (Fsp3) is 0.222. The van der Waals surface area contributed by atoms with Crippen LogP contribution in [0.15, 0.2) is 54.6 Å². The molecular weight excluding hydrogens is 448 g/mol. The summed E-state index contributed by atoms with van der Waals surface area (Å²) >= 11 is 0. The smallest absolute Gasteiger partial charge is 0.253 e. The maximum atomic E-state index is 13.3. The van der Waals surface area contributed by atoms with E-state index in [1.54, 1.807) is 44.6 Å². The molecule has 0 saturated heterocycles. The number of ketones is 2. The minimum absolute atomic E-state index is 0.117.